The first-order valence-electron chi connectivity index (χ1n) is 6.99. The van der Waals surface area contributed by atoms with Crippen LogP contribution in [0.25, 0.3) is 11.4 Å². The van der Waals surface area contributed by atoms with E-state index >= 15 is 0 Å². The largest absolute Gasteiger partial charge is 0.493 e. The molecule has 4 heteroatoms. The van der Waals surface area contributed by atoms with Gasteiger partial charge in [-0.2, -0.15) is 0 Å². The lowest BCUT2D eigenvalue weighted by Crippen LogP contribution is -2.01. The van der Waals surface area contributed by atoms with Gasteiger partial charge in [-0.1, -0.05) is 25.0 Å². The van der Waals surface area contributed by atoms with Crippen LogP contribution in [-0.4, -0.2) is 23.6 Å². The van der Waals surface area contributed by atoms with Crippen LogP contribution in [0.5, 0.6) is 5.75 Å². The molecule has 0 saturated heterocycles. The normalized spacial score (nSPS) is 10.3. The van der Waals surface area contributed by atoms with Crippen LogP contribution in [0.4, 0.5) is 5.82 Å². The van der Waals surface area contributed by atoms with Crippen molar-refractivity contribution < 1.29 is 4.74 Å². The van der Waals surface area contributed by atoms with E-state index in [4.69, 9.17) is 4.74 Å². The minimum Gasteiger partial charge on any atom is -0.493 e. The van der Waals surface area contributed by atoms with E-state index in [1.807, 2.05) is 25.2 Å². The molecular formula is C16H21N3O. The van der Waals surface area contributed by atoms with Crippen molar-refractivity contribution in [3.63, 3.8) is 0 Å². The average Bonchev–Trinajstić information content (AvgIpc) is 2.49. The lowest BCUT2D eigenvalue weighted by atomic mass is 10.1. The van der Waals surface area contributed by atoms with Crippen molar-refractivity contribution in [2.45, 2.75) is 26.7 Å². The van der Waals surface area contributed by atoms with E-state index in [1.54, 1.807) is 6.20 Å². The minimum absolute atomic E-state index is 0.687. The van der Waals surface area contributed by atoms with Crippen molar-refractivity contribution in [2.24, 2.45) is 0 Å². The summed E-state index contributed by atoms with van der Waals surface area (Å²) in [5.41, 5.74) is 2.11. The van der Waals surface area contributed by atoms with Gasteiger partial charge in [0.2, 0.25) is 0 Å². The summed E-state index contributed by atoms with van der Waals surface area (Å²) in [4.78, 5) is 8.85. The fourth-order valence-corrected chi connectivity index (χ4v) is 1.90. The Labute approximate surface area is 120 Å². The second-order valence-electron chi connectivity index (χ2n) is 4.72. The standard InChI is InChI=1S/C16H21N3O/c1-4-5-10-20-14-7-6-12(2)11-13(14)16-18-9-8-15(17-3)19-16/h6-9,11H,4-5,10H2,1-3H3,(H,17,18,19). The fourth-order valence-electron chi connectivity index (χ4n) is 1.90. The Morgan fingerprint density at radius 3 is 2.85 bits per heavy atom. The molecule has 0 spiro atoms. The summed E-state index contributed by atoms with van der Waals surface area (Å²) in [5.74, 6) is 2.33. The Morgan fingerprint density at radius 2 is 2.10 bits per heavy atom. The van der Waals surface area contributed by atoms with Crippen LogP contribution in [0.3, 0.4) is 0 Å². The van der Waals surface area contributed by atoms with Gasteiger partial charge in [0.05, 0.1) is 12.2 Å². The molecule has 1 heterocycles. The van der Waals surface area contributed by atoms with Gasteiger partial charge < -0.3 is 10.1 Å². The molecule has 0 radical (unpaired) electrons. The van der Waals surface area contributed by atoms with Crippen LogP contribution in [0.2, 0.25) is 0 Å². The maximum Gasteiger partial charge on any atom is 0.165 e. The summed E-state index contributed by atoms with van der Waals surface area (Å²) < 4.78 is 5.86. The smallest absolute Gasteiger partial charge is 0.165 e. The van der Waals surface area contributed by atoms with Gasteiger partial charge in [0.25, 0.3) is 0 Å². The molecule has 2 rings (SSSR count). The Balaban J connectivity index is 2.34. The third kappa shape index (κ3) is 3.47. The molecule has 2 aromatic rings. The quantitative estimate of drug-likeness (QED) is 0.814. The summed E-state index contributed by atoms with van der Waals surface area (Å²) in [6.07, 6.45) is 3.92. The number of hydrogen-bond donors (Lipinski definition) is 1. The van der Waals surface area contributed by atoms with E-state index in [0.29, 0.717) is 5.82 Å². The van der Waals surface area contributed by atoms with E-state index in [0.717, 1.165) is 36.6 Å². The summed E-state index contributed by atoms with van der Waals surface area (Å²) in [7, 11) is 1.85. The van der Waals surface area contributed by atoms with Gasteiger partial charge in [0.15, 0.2) is 5.82 Å². The van der Waals surface area contributed by atoms with Crippen LogP contribution in [0, 0.1) is 6.92 Å². The second-order valence-corrected chi connectivity index (χ2v) is 4.72. The molecule has 1 aromatic heterocycles. The van der Waals surface area contributed by atoms with Crippen molar-refractivity contribution in [2.75, 3.05) is 19.0 Å². The predicted octanol–water partition coefficient (Wildman–Crippen LogP) is 3.67. The van der Waals surface area contributed by atoms with E-state index < -0.39 is 0 Å². The maximum atomic E-state index is 5.86. The number of ether oxygens (including phenoxy) is 1. The Hall–Kier alpha value is -2.10. The summed E-state index contributed by atoms with van der Waals surface area (Å²) in [5, 5.41) is 3.03. The first-order valence-corrected chi connectivity index (χ1v) is 6.99. The van der Waals surface area contributed by atoms with Gasteiger partial charge in [0, 0.05) is 13.2 Å². The SMILES string of the molecule is CCCCOc1ccc(C)cc1-c1nccc(NC)n1. The highest BCUT2D eigenvalue weighted by atomic mass is 16.5. The fraction of sp³-hybridized carbons (Fsp3) is 0.375. The first-order chi connectivity index (χ1) is 9.74. The van der Waals surface area contributed by atoms with Crippen LogP contribution in [0.1, 0.15) is 25.3 Å². The van der Waals surface area contributed by atoms with E-state index in [9.17, 15) is 0 Å². The molecule has 0 saturated carbocycles. The van der Waals surface area contributed by atoms with E-state index in [2.05, 4.69) is 35.2 Å². The molecule has 0 fully saturated rings. The minimum atomic E-state index is 0.687. The van der Waals surface area contributed by atoms with Crippen molar-refractivity contribution >= 4 is 5.82 Å². The topological polar surface area (TPSA) is 47.0 Å². The molecule has 0 aliphatic rings. The maximum absolute atomic E-state index is 5.86. The highest BCUT2D eigenvalue weighted by Crippen LogP contribution is 2.29. The molecular weight excluding hydrogens is 250 g/mol. The zero-order chi connectivity index (χ0) is 14.4. The zero-order valence-electron chi connectivity index (χ0n) is 12.3. The number of aryl methyl sites for hydroxylation is 1. The van der Waals surface area contributed by atoms with Gasteiger partial charge in [-0.25, -0.2) is 9.97 Å². The Bertz CT molecular complexity index is 569. The molecule has 1 aromatic carbocycles. The van der Waals surface area contributed by atoms with Crippen molar-refractivity contribution in [1.29, 1.82) is 0 Å². The number of nitrogens with one attached hydrogen (secondary N) is 1. The molecule has 106 valence electrons. The Kier molecular flexibility index (Phi) is 4.93. The molecule has 4 nitrogen and oxygen atoms in total. The monoisotopic (exact) mass is 271 g/mol. The highest BCUT2D eigenvalue weighted by Gasteiger charge is 2.10. The number of aromatic nitrogens is 2. The molecule has 0 atom stereocenters. The molecule has 0 unspecified atom stereocenters. The number of hydrogen-bond acceptors (Lipinski definition) is 4. The van der Waals surface area contributed by atoms with Gasteiger partial charge >= 0.3 is 0 Å². The Morgan fingerprint density at radius 1 is 1.25 bits per heavy atom. The number of nitrogens with zero attached hydrogens (tertiary/aromatic N) is 2. The average molecular weight is 271 g/mol. The highest BCUT2D eigenvalue weighted by molar-refractivity contribution is 5.66. The third-order valence-electron chi connectivity index (χ3n) is 3.04. The van der Waals surface area contributed by atoms with Gasteiger partial charge in [-0.05, 0) is 31.5 Å². The van der Waals surface area contributed by atoms with E-state index in [1.165, 1.54) is 5.56 Å². The number of unbranched alkanes of at least 4 members (excludes halogenated alkanes) is 1. The first kappa shape index (κ1) is 14.3. The van der Waals surface area contributed by atoms with Crippen LogP contribution in [0.15, 0.2) is 30.5 Å². The van der Waals surface area contributed by atoms with Crippen molar-refractivity contribution in [3.8, 4) is 17.1 Å². The van der Waals surface area contributed by atoms with Crippen LogP contribution in [-0.2, 0) is 0 Å². The second kappa shape index (κ2) is 6.89. The van der Waals surface area contributed by atoms with Gasteiger partial charge in [-0.3, -0.25) is 0 Å². The number of anilines is 1. The van der Waals surface area contributed by atoms with E-state index in [-0.39, 0.29) is 0 Å². The zero-order valence-corrected chi connectivity index (χ0v) is 12.3. The van der Waals surface area contributed by atoms with Gasteiger partial charge in [-0.15, -0.1) is 0 Å². The molecule has 0 aliphatic heterocycles. The van der Waals surface area contributed by atoms with Crippen molar-refractivity contribution in [1.82, 2.24) is 9.97 Å². The number of rotatable bonds is 6. The number of benzene rings is 1. The lowest BCUT2D eigenvalue weighted by Gasteiger charge is -2.12. The van der Waals surface area contributed by atoms with Crippen molar-refractivity contribution in [3.05, 3.63) is 36.0 Å². The summed E-state index contributed by atoms with van der Waals surface area (Å²) >= 11 is 0. The summed E-state index contributed by atoms with van der Waals surface area (Å²) in [6.45, 7) is 4.93. The molecule has 0 amide bonds. The predicted molar refractivity (Wildman–Crippen MR) is 82.2 cm³/mol. The lowest BCUT2D eigenvalue weighted by molar-refractivity contribution is 0.310. The molecule has 20 heavy (non-hydrogen) atoms. The van der Waals surface area contributed by atoms with Crippen LogP contribution >= 0.6 is 0 Å². The van der Waals surface area contributed by atoms with Crippen LogP contribution < -0.4 is 10.1 Å². The van der Waals surface area contributed by atoms with Gasteiger partial charge in [0.1, 0.15) is 11.6 Å². The molecule has 1 N–H and O–H groups in total. The third-order valence-corrected chi connectivity index (χ3v) is 3.04. The molecule has 0 aliphatic carbocycles. The molecule has 0 bridgehead atoms. The summed E-state index contributed by atoms with van der Waals surface area (Å²) in [6, 6.07) is 7.95.